The van der Waals surface area contributed by atoms with Crippen molar-refractivity contribution in [1.29, 1.82) is 5.41 Å². The van der Waals surface area contributed by atoms with Gasteiger partial charge in [0.2, 0.25) is 0 Å². The van der Waals surface area contributed by atoms with Crippen molar-refractivity contribution >= 4 is 28.8 Å². The van der Waals surface area contributed by atoms with Crippen molar-refractivity contribution in [3.05, 3.63) is 95.3 Å². The molecule has 4 rings (SSSR count). The molecule has 0 saturated heterocycles. The molecule has 7 heteroatoms. The molecule has 0 spiro atoms. The van der Waals surface area contributed by atoms with Gasteiger partial charge in [0.15, 0.2) is 0 Å². The third-order valence-corrected chi connectivity index (χ3v) is 5.65. The minimum absolute atomic E-state index is 0.220. The van der Waals surface area contributed by atoms with E-state index in [2.05, 4.69) is 15.6 Å². The highest BCUT2D eigenvalue weighted by Crippen LogP contribution is 2.30. The Morgan fingerprint density at radius 2 is 1.71 bits per heavy atom. The first-order chi connectivity index (χ1) is 16.9. The second-order valence-corrected chi connectivity index (χ2v) is 8.17. The van der Waals surface area contributed by atoms with Crippen molar-refractivity contribution in [1.82, 2.24) is 9.97 Å². The lowest BCUT2D eigenvalue weighted by molar-refractivity contribution is 0.102. The van der Waals surface area contributed by atoms with Gasteiger partial charge in [-0.15, -0.1) is 0 Å². The quantitative estimate of drug-likeness (QED) is 0.284. The smallest absolute Gasteiger partial charge is 0.256 e. The number of rotatable bonds is 7. The lowest BCUT2D eigenvalue weighted by Gasteiger charge is -2.18. The fraction of sp³-hybridized carbons (Fsp3) is 0.143. The number of carbonyl (C=O) groups excluding carboxylic acids is 1. The number of benzene rings is 2. The predicted octanol–water partition coefficient (Wildman–Crippen LogP) is 6.15. The number of aryl methyl sites for hydroxylation is 2. The van der Waals surface area contributed by atoms with E-state index in [9.17, 15) is 4.79 Å². The molecule has 0 saturated carbocycles. The van der Waals surface area contributed by atoms with Crippen LogP contribution in [0.4, 0.5) is 17.2 Å². The van der Waals surface area contributed by atoms with Crippen molar-refractivity contribution in [3.8, 4) is 17.0 Å². The Balaban J connectivity index is 1.85. The largest absolute Gasteiger partial charge is 0.497 e. The lowest BCUT2D eigenvalue weighted by atomic mass is 10.00. The van der Waals surface area contributed by atoms with Crippen molar-refractivity contribution in [3.63, 3.8) is 0 Å². The zero-order valence-corrected chi connectivity index (χ0v) is 20.1. The summed E-state index contributed by atoms with van der Waals surface area (Å²) in [6, 6.07) is 20.6. The Kier molecular flexibility index (Phi) is 6.87. The van der Waals surface area contributed by atoms with E-state index in [1.54, 1.807) is 26.3 Å². The molecule has 0 aliphatic heterocycles. The maximum absolute atomic E-state index is 13.6. The first-order valence-electron chi connectivity index (χ1n) is 11.2. The molecule has 2 aromatic heterocycles. The van der Waals surface area contributed by atoms with Crippen LogP contribution in [0, 0.1) is 19.3 Å². The molecule has 1 amide bonds. The molecule has 0 bridgehead atoms. The molecule has 35 heavy (non-hydrogen) atoms. The lowest BCUT2D eigenvalue weighted by Crippen LogP contribution is -2.19. The Bertz CT molecular complexity index is 1360. The van der Waals surface area contributed by atoms with Gasteiger partial charge in [-0.1, -0.05) is 30.3 Å². The average molecular weight is 466 g/mol. The van der Waals surface area contributed by atoms with Gasteiger partial charge >= 0.3 is 0 Å². The maximum atomic E-state index is 13.6. The number of ether oxygens (including phenoxy) is 1. The minimum atomic E-state index is -0.330. The van der Waals surface area contributed by atoms with Crippen LogP contribution in [0.15, 0.2) is 72.9 Å². The summed E-state index contributed by atoms with van der Waals surface area (Å²) in [5, 5.41) is 14.8. The molecule has 2 aromatic carbocycles. The van der Waals surface area contributed by atoms with Crippen LogP contribution >= 0.6 is 0 Å². The Hall–Kier alpha value is -4.52. The van der Waals surface area contributed by atoms with E-state index in [1.807, 2.05) is 74.5 Å². The van der Waals surface area contributed by atoms with E-state index < -0.39 is 0 Å². The van der Waals surface area contributed by atoms with E-state index in [0.717, 1.165) is 28.3 Å². The Morgan fingerprint density at radius 3 is 2.34 bits per heavy atom. The first kappa shape index (κ1) is 23.6. The number of hydrogen-bond acceptors (Lipinski definition) is 6. The van der Waals surface area contributed by atoms with E-state index in [1.165, 1.54) is 0 Å². The molecule has 2 heterocycles. The molecular weight excluding hydrogens is 438 g/mol. The van der Waals surface area contributed by atoms with E-state index in [-0.39, 0.29) is 11.6 Å². The number of nitrogens with zero attached hydrogens (tertiary/aromatic N) is 2. The third-order valence-electron chi connectivity index (χ3n) is 5.65. The van der Waals surface area contributed by atoms with Crippen LogP contribution in [-0.4, -0.2) is 28.7 Å². The summed E-state index contributed by atoms with van der Waals surface area (Å²) in [5.74, 6) is 0.823. The van der Waals surface area contributed by atoms with Crippen LogP contribution in [0.25, 0.3) is 11.3 Å². The summed E-state index contributed by atoms with van der Waals surface area (Å²) in [4.78, 5) is 22.7. The topological polar surface area (TPSA) is 100.0 Å². The third kappa shape index (κ3) is 5.19. The fourth-order valence-electron chi connectivity index (χ4n) is 3.83. The van der Waals surface area contributed by atoms with Crippen molar-refractivity contribution in [2.45, 2.75) is 20.8 Å². The molecule has 3 N–H and O–H groups in total. The van der Waals surface area contributed by atoms with Gasteiger partial charge in [0.1, 0.15) is 11.6 Å². The second kappa shape index (κ2) is 10.2. The van der Waals surface area contributed by atoms with Crippen molar-refractivity contribution < 1.29 is 9.53 Å². The summed E-state index contributed by atoms with van der Waals surface area (Å²) >= 11 is 0. The molecular formula is C28H27N5O2. The first-order valence-corrected chi connectivity index (χ1v) is 11.2. The molecule has 0 radical (unpaired) electrons. The second-order valence-electron chi connectivity index (χ2n) is 8.17. The summed E-state index contributed by atoms with van der Waals surface area (Å²) in [6.45, 7) is 5.42. The molecule has 0 aliphatic carbocycles. The summed E-state index contributed by atoms with van der Waals surface area (Å²) in [6.07, 6.45) is 1.71. The van der Waals surface area contributed by atoms with Gasteiger partial charge in [-0.2, -0.15) is 0 Å². The molecule has 0 atom stereocenters. The number of aromatic nitrogens is 2. The number of hydrogen-bond donors (Lipinski definition) is 3. The van der Waals surface area contributed by atoms with E-state index >= 15 is 0 Å². The van der Waals surface area contributed by atoms with Crippen LogP contribution in [0.5, 0.6) is 5.75 Å². The number of pyridine rings is 2. The van der Waals surface area contributed by atoms with Gasteiger partial charge in [-0.25, -0.2) is 4.98 Å². The SMILES string of the molecule is COc1ccc(Nc2nc(-c3ccccc3)cc(C(=O)Nc3c(C)ccnc3C)c2C(C)=N)cc1. The van der Waals surface area contributed by atoms with Gasteiger partial charge in [0.25, 0.3) is 5.91 Å². The van der Waals surface area contributed by atoms with Gasteiger partial charge in [0, 0.05) is 23.2 Å². The molecule has 0 aliphatic rings. The zero-order chi connectivity index (χ0) is 24.9. The highest BCUT2D eigenvalue weighted by Gasteiger charge is 2.22. The van der Waals surface area contributed by atoms with Crippen molar-refractivity contribution in [2.24, 2.45) is 0 Å². The predicted molar refractivity (Wildman–Crippen MR) is 140 cm³/mol. The number of nitrogens with one attached hydrogen (secondary N) is 3. The number of methoxy groups -OCH3 is 1. The van der Waals surface area contributed by atoms with Gasteiger partial charge in [0.05, 0.1) is 35.3 Å². The molecule has 0 fully saturated rings. The van der Waals surface area contributed by atoms with Crippen LogP contribution in [-0.2, 0) is 0 Å². The summed E-state index contributed by atoms with van der Waals surface area (Å²) < 4.78 is 5.25. The molecule has 4 aromatic rings. The van der Waals surface area contributed by atoms with Gasteiger partial charge in [-0.05, 0) is 62.7 Å². The summed E-state index contributed by atoms with van der Waals surface area (Å²) in [5.41, 5.74) is 5.54. The zero-order valence-electron chi connectivity index (χ0n) is 20.1. The minimum Gasteiger partial charge on any atom is -0.497 e. The Labute approximate surface area is 204 Å². The average Bonchev–Trinajstić information content (AvgIpc) is 2.86. The van der Waals surface area contributed by atoms with Crippen LogP contribution < -0.4 is 15.4 Å². The molecule has 7 nitrogen and oxygen atoms in total. The number of anilines is 3. The highest BCUT2D eigenvalue weighted by molar-refractivity contribution is 6.16. The highest BCUT2D eigenvalue weighted by atomic mass is 16.5. The normalized spacial score (nSPS) is 10.5. The van der Waals surface area contributed by atoms with Crippen molar-refractivity contribution in [2.75, 3.05) is 17.7 Å². The van der Waals surface area contributed by atoms with Crippen LogP contribution in [0.2, 0.25) is 0 Å². The maximum Gasteiger partial charge on any atom is 0.256 e. The van der Waals surface area contributed by atoms with Gasteiger partial charge < -0.3 is 20.8 Å². The number of carbonyl (C=O) groups is 1. The monoisotopic (exact) mass is 465 g/mol. The van der Waals surface area contributed by atoms with E-state index in [4.69, 9.17) is 15.1 Å². The summed E-state index contributed by atoms with van der Waals surface area (Å²) in [7, 11) is 1.61. The van der Waals surface area contributed by atoms with Crippen LogP contribution in [0.1, 0.15) is 34.1 Å². The Morgan fingerprint density at radius 1 is 1.00 bits per heavy atom. The number of amides is 1. The fourth-order valence-corrected chi connectivity index (χ4v) is 3.83. The molecule has 0 unspecified atom stereocenters. The molecule has 176 valence electrons. The van der Waals surface area contributed by atoms with Gasteiger partial charge in [-0.3, -0.25) is 9.78 Å². The standard InChI is InChI=1S/C28H27N5O2/c1-17-14-15-30-19(3)26(17)33-28(34)23-16-24(20-8-6-5-7-9-20)32-27(25(23)18(2)29)31-21-10-12-22(35-4)13-11-21/h5-16,29H,1-4H3,(H,31,32)(H,33,34). The van der Waals surface area contributed by atoms with E-state index in [0.29, 0.717) is 28.3 Å². The van der Waals surface area contributed by atoms with Crippen LogP contribution in [0.3, 0.4) is 0 Å².